The molecule has 3 heteroatoms. The summed E-state index contributed by atoms with van der Waals surface area (Å²) in [5, 5.41) is 17.4. The first-order chi connectivity index (χ1) is 43.0. The molecule has 0 aliphatic heterocycles. The number of nitrogens with zero attached hydrogens (tertiary/aromatic N) is 1. The van der Waals surface area contributed by atoms with Crippen molar-refractivity contribution >= 4 is 123 Å². The summed E-state index contributed by atoms with van der Waals surface area (Å²) in [6.45, 7) is 6.22. The van der Waals surface area contributed by atoms with Gasteiger partial charge in [0.1, 0.15) is 0 Å². The smallest absolute Gasteiger partial charge is 0.0708 e. The lowest BCUT2D eigenvalue weighted by Gasteiger charge is -2.14. The first-order valence-electron chi connectivity index (χ1n) is 29.8. The predicted octanol–water partition coefficient (Wildman–Crippen LogP) is 24.8. The fourth-order valence-corrected chi connectivity index (χ4v) is 16.6. The highest BCUT2D eigenvalue weighted by Crippen LogP contribution is 2.49. The quantitative estimate of drug-likeness (QED) is 0.104. The van der Waals surface area contributed by atoms with E-state index >= 15 is 0 Å². The van der Waals surface area contributed by atoms with Crippen molar-refractivity contribution in [2.75, 3.05) is 0 Å². The van der Waals surface area contributed by atoms with Gasteiger partial charge in [0, 0.05) is 63.1 Å². The van der Waals surface area contributed by atoms with E-state index in [0.29, 0.717) is 0 Å². The van der Waals surface area contributed by atoms with E-state index in [1.807, 2.05) is 34.8 Å². The van der Waals surface area contributed by atoms with Crippen molar-refractivity contribution in [3.05, 3.63) is 303 Å². The second-order valence-corrected chi connectivity index (χ2v) is 24.9. The van der Waals surface area contributed by atoms with Gasteiger partial charge in [-0.2, -0.15) is 0 Å². The highest BCUT2D eigenvalue weighted by atomic mass is 32.1. The number of benzene rings is 14. The monoisotopic (exact) mass is 1140 g/mol. The van der Waals surface area contributed by atoms with E-state index in [1.165, 1.54) is 167 Å². The largest absolute Gasteiger partial charge is 0.256 e. The van der Waals surface area contributed by atoms with Gasteiger partial charge in [0.15, 0.2) is 0 Å². The Morgan fingerprint density at radius 2 is 0.713 bits per heavy atom. The van der Waals surface area contributed by atoms with Crippen molar-refractivity contribution in [3.63, 3.8) is 0 Å². The Kier molecular flexibility index (Phi) is 12.1. The first kappa shape index (κ1) is 50.9. The summed E-state index contributed by atoms with van der Waals surface area (Å²) in [7, 11) is 0. The number of hydrogen-bond donors (Lipinski definition) is 0. The summed E-state index contributed by atoms with van der Waals surface area (Å²) in [5.74, 6) is 0. The molecular formula is C84H53NS2. The summed E-state index contributed by atoms with van der Waals surface area (Å²) >= 11 is 3.81. The number of aryl methyl sites for hydroxylation is 1. The number of pyridine rings is 1. The van der Waals surface area contributed by atoms with Gasteiger partial charge in [-0.25, -0.2) is 0 Å². The fourth-order valence-electron chi connectivity index (χ4n) is 13.8. The molecule has 3 aromatic heterocycles. The Labute approximate surface area is 512 Å². The summed E-state index contributed by atoms with van der Waals surface area (Å²) in [4.78, 5) is 5.25. The molecule has 0 saturated heterocycles. The minimum Gasteiger partial charge on any atom is -0.256 e. The lowest BCUT2D eigenvalue weighted by molar-refractivity contribution is 1.36. The van der Waals surface area contributed by atoms with Gasteiger partial charge in [-0.1, -0.05) is 255 Å². The summed E-state index contributed by atoms with van der Waals surface area (Å²) in [6, 6.07) is 99.1. The third-order valence-electron chi connectivity index (χ3n) is 18.1. The number of rotatable bonds is 9. The number of thiophene rings is 2. The third kappa shape index (κ3) is 8.38. The van der Waals surface area contributed by atoms with E-state index < -0.39 is 0 Å². The lowest BCUT2D eigenvalue weighted by atomic mass is 9.89. The van der Waals surface area contributed by atoms with Crippen LogP contribution in [0.2, 0.25) is 0 Å². The maximum absolute atomic E-state index is 5.25. The van der Waals surface area contributed by atoms with Gasteiger partial charge in [-0.15, -0.1) is 22.7 Å². The van der Waals surface area contributed by atoms with Gasteiger partial charge in [0.2, 0.25) is 0 Å². The van der Waals surface area contributed by atoms with Gasteiger partial charge in [-0.3, -0.25) is 4.98 Å². The average molecular weight is 1140 g/mol. The van der Waals surface area contributed by atoms with Crippen molar-refractivity contribution in [2.45, 2.75) is 6.92 Å². The van der Waals surface area contributed by atoms with Crippen LogP contribution in [-0.2, 0) is 0 Å². The molecule has 0 aliphatic rings. The standard InChI is InChI=1S/C84H53NS2/c1-3-4-25-61-51(2)62-42-41-58(46-75(62)67-27-12-11-26-66(61)67)65-32-18-35-73-78-48-60(47-74(84(78)87-83(65)73)55-38-36-53(37-39-55)52-19-7-5-8-20-52)56-40-43-70-76(45-56)68-28-13-14-29-69(68)79-50-85-80(49-77(70)79)59-24-15-23-57(44-59)64-31-17-34-72-71-33-16-30-63(81(71)86-82(64)72)54-21-9-6-10-22-54/h3-50H,1H2,2H3/b25-4-. The van der Waals surface area contributed by atoms with Crippen molar-refractivity contribution in [3.8, 4) is 78.0 Å². The molecule has 0 saturated carbocycles. The Bertz CT molecular complexity index is 5710. The SMILES string of the molecule is C=C/C=C\c1c(C)c2ccc(-c3cccc4c3sc3c(-c5ccc(-c6ccccc6)cc5)cc(-c5ccc6c(c5)c5ccccc5c5cnc(-c7cccc(-c8cccc9c8sc8c(-c%10ccccc%10)cccc89)c7)cc65)cc34)cc2c2ccccc12. The first-order valence-corrected chi connectivity index (χ1v) is 31.4. The van der Waals surface area contributed by atoms with Crippen LogP contribution in [0, 0.1) is 6.92 Å². The minimum absolute atomic E-state index is 0.954. The molecule has 0 spiro atoms. The molecule has 0 N–H and O–H groups in total. The van der Waals surface area contributed by atoms with Crippen LogP contribution in [0.1, 0.15) is 11.1 Å². The Balaban J connectivity index is 0.813. The molecule has 1 nitrogen and oxygen atoms in total. The maximum Gasteiger partial charge on any atom is 0.0708 e. The van der Waals surface area contributed by atoms with Gasteiger partial charge < -0.3 is 0 Å². The van der Waals surface area contributed by atoms with Gasteiger partial charge >= 0.3 is 0 Å². The summed E-state index contributed by atoms with van der Waals surface area (Å²) in [5.41, 5.74) is 19.2. The Morgan fingerprint density at radius 3 is 1.40 bits per heavy atom. The van der Waals surface area contributed by atoms with Crippen molar-refractivity contribution < 1.29 is 0 Å². The molecule has 17 aromatic rings. The average Bonchev–Trinajstić information content (AvgIpc) is 1.88. The van der Waals surface area contributed by atoms with Gasteiger partial charge in [0.05, 0.1) is 5.69 Å². The van der Waals surface area contributed by atoms with Crippen LogP contribution in [-0.4, -0.2) is 4.98 Å². The fraction of sp³-hybridized carbons (Fsp3) is 0.0119. The number of fused-ring (bicyclic) bond motifs is 15. The number of aromatic nitrogens is 1. The Morgan fingerprint density at radius 1 is 0.287 bits per heavy atom. The van der Waals surface area contributed by atoms with Crippen LogP contribution in [0.25, 0.3) is 178 Å². The highest BCUT2D eigenvalue weighted by molar-refractivity contribution is 7.27. The van der Waals surface area contributed by atoms with E-state index in [0.717, 1.165) is 16.6 Å². The molecule has 406 valence electrons. The van der Waals surface area contributed by atoms with E-state index in [9.17, 15) is 0 Å². The van der Waals surface area contributed by atoms with E-state index in [-0.39, 0.29) is 0 Å². The zero-order valence-electron chi connectivity index (χ0n) is 47.7. The predicted molar refractivity (Wildman–Crippen MR) is 380 cm³/mol. The maximum atomic E-state index is 5.25. The molecule has 3 heterocycles. The molecule has 0 radical (unpaired) electrons. The number of allylic oxidation sites excluding steroid dienone is 2. The molecule has 0 bridgehead atoms. The zero-order valence-corrected chi connectivity index (χ0v) is 49.3. The van der Waals surface area contributed by atoms with E-state index in [1.54, 1.807) is 0 Å². The topological polar surface area (TPSA) is 12.9 Å². The molecule has 17 rings (SSSR count). The zero-order chi connectivity index (χ0) is 57.7. The second-order valence-electron chi connectivity index (χ2n) is 22.9. The summed E-state index contributed by atoms with van der Waals surface area (Å²) in [6.07, 6.45) is 8.20. The van der Waals surface area contributed by atoms with Crippen LogP contribution >= 0.6 is 22.7 Å². The Hall–Kier alpha value is -10.6. The molecule has 0 amide bonds. The van der Waals surface area contributed by atoms with Crippen LogP contribution in [0.15, 0.2) is 292 Å². The molecule has 87 heavy (non-hydrogen) atoms. The molecule has 0 unspecified atom stereocenters. The molecule has 0 atom stereocenters. The highest BCUT2D eigenvalue weighted by Gasteiger charge is 2.21. The summed E-state index contributed by atoms with van der Waals surface area (Å²) < 4.78 is 5.19. The third-order valence-corrected chi connectivity index (χ3v) is 20.7. The van der Waals surface area contributed by atoms with Crippen molar-refractivity contribution in [1.29, 1.82) is 0 Å². The molecule has 0 aliphatic carbocycles. The van der Waals surface area contributed by atoms with Gasteiger partial charge in [0.25, 0.3) is 0 Å². The second kappa shape index (κ2) is 20.6. The van der Waals surface area contributed by atoms with Gasteiger partial charge in [-0.05, 0) is 164 Å². The van der Waals surface area contributed by atoms with Crippen LogP contribution < -0.4 is 0 Å². The van der Waals surface area contributed by atoms with Crippen LogP contribution in [0.5, 0.6) is 0 Å². The van der Waals surface area contributed by atoms with E-state index in [4.69, 9.17) is 4.98 Å². The van der Waals surface area contributed by atoms with Crippen molar-refractivity contribution in [1.82, 2.24) is 4.98 Å². The van der Waals surface area contributed by atoms with Crippen LogP contribution in [0.3, 0.4) is 0 Å². The lowest BCUT2D eigenvalue weighted by Crippen LogP contribution is -1.90. The molecule has 0 fully saturated rings. The normalized spacial score (nSPS) is 12.0. The number of hydrogen-bond acceptors (Lipinski definition) is 3. The van der Waals surface area contributed by atoms with Crippen LogP contribution in [0.4, 0.5) is 0 Å². The minimum atomic E-state index is 0.954. The molecule has 14 aromatic carbocycles. The van der Waals surface area contributed by atoms with Crippen molar-refractivity contribution in [2.24, 2.45) is 0 Å². The van der Waals surface area contributed by atoms with E-state index in [2.05, 4.69) is 293 Å². The molecular weight excluding hydrogens is 1090 g/mol.